The molecule has 2 heterocycles. The lowest BCUT2D eigenvalue weighted by atomic mass is 9.99. The van der Waals surface area contributed by atoms with Gasteiger partial charge in [0, 0.05) is 19.1 Å². The first kappa shape index (κ1) is 14.3. The number of hydrogen-bond acceptors (Lipinski definition) is 2. The Labute approximate surface area is 119 Å². The number of amides is 1. The van der Waals surface area contributed by atoms with Crippen molar-refractivity contribution < 1.29 is 4.79 Å². The van der Waals surface area contributed by atoms with Gasteiger partial charge in [-0.05, 0) is 45.2 Å². The number of alkyl halides is 1. The van der Waals surface area contributed by atoms with Crippen LogP contribution in [0.5, 0.6) is 0 Å². The Hall–Kier alpha value is -0.0900. The van der Waals surface area contributed by atoms with E-state index >= 15 is 0 Å². The number of hydrogen-bond donors (Lipinski definition) is 0. The molecule has 0 saturated carbocycles. The Morgan fingerprint density at radius 1 is 1.17 bits per heavy atom. The zero-order valence-electron chi connectivity index (χ0n) is 11.4. The quantitative estimate of drug-likeness (QED) is 0.747. The van der Waals surface area contributed by atoms with Crippen molar-refractivity contribution in [1.29, 1.82) is 0 Å². The first-order valence-corrected chi connectivity index (χ1v) is 8.31. The Balaban J connectivity index is 1.78. The molecule has 0 aromatic carbocycles. The molecule has 0 bridgehead atoms. The SMILES string of the molecule is CCC(Br)C(=O)N1CCC(N2CCCCC2)CC1. The normalized spacial score (nSPS) is 25.1. The maximum Gasteiger partial charge on any atom is 0.236 e. The molecule has 2 rings (SSSR count). The molecule has 0 aromatic heterocycles. The van der Waals surface area contributed by atoms with Gasteiger partial charge < -0.3 is 9.80 Å². The second-order valence-corrected chi connectivity index (χ2v) is 6.63. The average Bonchev–Trinajstić information content (AvgIpc) is 2.47. The largest absolute Gasteiger partial charge is 0.342 e. The molecule has 2 aliphatic rings. The minimum absolute atomic E-state index is 0.0176. The van der Waals surface area contributed by atoms with Gasteiger partial charge in [-0.15, -0.1) is 0 Å². The highest BCUT2D eigenvalue weighted by molar-refractivity contribution is 9.10. The van der Waals surface area contributed by atoms with Crippen molar-refractivity contribution >= 4 is 21.8 Å². The van der Waals surface area contributed by atoms with Crippen LogP contribution in [-0.2, 0) is 4.79 Å². The summed E-state index contributed by atoms with van der Waals surface area (Å²) < 4.78 is 0. The maximum absolute atomic E-state index is 12.1. The minimum atomic E-state index is 0.0176. The fourth-order valence-electron chi connectivity index (χ4n) is 3.11. The predicted molar refractivity (Wildman–Crippen MR) is 78.0 cm³/mol. The summed E-state index contributed by atoms with van der Waals surface area (Å²) in [5, 5.41) is 0. The molecule has 0 spiro atoms. The number of carbonyl (C=O) groups excluding carboxylic acids is 1. The van der Waals surface area contributed by atoms with Crippen LogP contribution in [0.2, 0.25) is 0 Å². The summed E-state index contributed by atoms with van der Waals surface area (Å²) in [5.41, 5.74) is 0. The molecule has 18 heavy (non-hydrogen) atoms. The number of carbonyl (C=O) groups is 1. The van der Waals surface area contributed by atoms with Crippen LogP contribution in [0.15, 0.2) is 0 Å². The van der Waals surface area contributed by atoms with E-state index in [0.717, 1.165) is 38.4 Å². The highest BCUT2D eigenvalue weighted by Gasteiger charge is 2.29. The van der Waals surface area contributed by atoms with Crippen LogP contribution in [0.25, 0.3) is 0 Å². The molecule has 1 unspecified atom stereocenters. The van der Waals surface area contributed by atoms with E-state index in [1.165, 1.54) is 32.4 Å². The standard InChI is InChI=1S/C14H25BrN2O/c1-2-13(15)14(18)17-10-6-12(7-11-17)16-8-4-3-5-9-16/h12-13H,2-11H2,1H3. The van der Waals surface area contributed by atoms with E-state index in [1.54, 1.807) is 0 Å². The lowest BCUT2D eigenvalue weighted by molar-refractivity contribution is -0.132. The summed E-state index contributed by atoms with van der Waals surface area (Å²) in [6.45, 7) is 6.49. The van der Waals surface area contributed by atoms with Gasteiger partial charge in [-0.2, -0.15) is 0 Å². The Bertz CT molecular complexity index is 271. The lowest BCUT2D eigenvalue weighted by Gasteiger charge is -2.40. The van der Waals surface area contributed by atoms with E-state index in [1.807, 2.05) is 4.90 Å². The van der Waals surface area contributed by atoms with Crippen molar-refractivity contribution in [2.75, 3.05) is 26.2 Å². The molecule has 1 amide bonds. The summed E-state index contributed by atoms with van der Waals surface area (Å²) >= 11 is 3.47. The van der Waals surface area contributed by atoms with Gasteiger partial charge in [0.1, 0.15) is 0 Å². The van der Waals surface area contributed by atoms with E-state index in [0.29, 0.717) is 0 Å². The van der Waals surface area contributed by atoms with E-state index in [-0.39, 0.29) is 10.7 Å². The highest BCUT2D eigenvalue weighted by atomic mass is 79.9. The molecule has 0 N–H and O–H groups in total. The molecule has 1 atom stereocenters. The van der Waals surface area contributed by atoms with E-state index in [9.17, 15) is 4.79 Å². The number of rotatable bonds is 3. The molecule has 4 heteroatoms. The van der Waals surface area contributed by atoms with Gasteiger partial charge >= 0.3 is 0 Å². The summed E-state index contributed by atoms with van der Waals surface area (Å²) in [5.74, 6) is 0.287. The van der Waals surface area contributed by atoms with Crippen molar-refractivity contribution in [2.24, 2.45) is 0 Å². The molecular weight excluding hydrogens is 292 g/mol. The molecule has 0 aliphatic carbocycles. The smallest absolute Gasteiger partial charge is 0.236 e. The predicted octanol–water partition coefficient (Wildman–Crippen LogP) is 2.64. The lowest BCUT2D eigenvalue weighted by Crippen LogP contribution is -2.49. The zero-order valence-corrected chi connectivity index (χ0v) is 13.0. The first-order chi connectivity index (χ1) is 8.72. The Kier molecular flexibility index (Phi) is 5.49. The number of nitrogens with zero attached hydrogens (tertiary/aromatic N) is 2. The fourth-order valence-corrected chi connectivity index (χ4v) is 3.40. The summed E-state index contributed by atoms with van der Waals surface area (Å²) in [4.78, 5) is 16.8. The monoisotopic (exact) mass is 316 g/mol. The van der Waals surface area contributed by atoms with E-state index < -0.39 is 0 Å². The third-order valence-electron chi connectivity index (χ3n) is 4.31. The topological polar surface area (TPSA) is 23.6 Å². The molecule has 0 aromatic rings. The Morgan fingerprint density at radius 3 is 2.33 bits per heavy atom. The van der Waals surface area contributed by atoms with Crippen LogP contribution in [0, 0.1) is 0 Å². The number of halogens is 1. The van der Waals surface area contributed by atoms with Gasteiger partial charge in [-0.1, -0.05) is 29.3 Å². The third-order valence-corrected chi connectivity index (χ3v) is 5.35. The van der Waals surface area contributed by atoms with Gasteiger partial charge in [-0.25, -0.2) is 0 Å². The van der Waals surface area contributed by atoms with Crippen LogP contribution < -0.4 is 0 Å². The van der Waals surface area contributed by atoms with Gasteiger partial charge in [0.2, 0.25) is 5.91 Å². The molecule has 104 valence electrons. The summed E-state index contributed by atoms with van der Waals surface area (Å²) in [6, 6.07) is 0.727. The average molecular weight is 317 g/mol. The van der Waals surface area contributed by atoms with E-state index in [4.69, 9.17) is 0 Å². The molecular formula is C14H25BrN2O. The molecule has 0 radical (unpaired) electrons. The highest BCUT2D eigenvalue weighted by Crippen LogP contribution is 2.22. The van der Waals surface area contributed by atoms with Crippen molar-refractivity contribution in [3.05, 3.63) is 0 Å². The van der Waals surface area contributed by atoms with Crippen molar-refractivity contribution in [3.8, 4) is 0 Å². The van der Waals surface area contributed by atoms with Crippen LogP contribution in [0.3, 0.4) is 0 Å². The van der Waals surface area contributed by atoms with Gasteiger partial charge in [0.25, 0.3) is 0 Å². The van der Waals surface area contributed by atoms with Crippen molar-refractivity contribution in [2.45, 2.75) is 56.3 Å². The van der Waals surface area contributed by atoms with Crippen LogP contribution in [0.4, 0.5) is 0 Å². The van der Waals surface area contributed by atoms with Gasteiger partial charge in [-0.3, -0.25) is 4.79 Å². The molecule has 2 saturated heterocycles. The number of piperidine rings is 2. The second-order valence-electron chi connectivity index (χ2n) is 5.53. The van der Waals surface area contributed by atoms with Crippen LogP contribution in [0.1, 0.15) is 45.4 Å². The van der Waals surface area contributed by atoms with Crippen LogP contribution >= 0.6 is 15.9 Å². The van der Waals surface area contributed by atoms with Gasteiger partial charge in [0.15, 0.2) is 0 Å². The van der Waals surface area contributed by atoms with Gasteiger partial charge in [0.05, 0.1) is 4.83 Å². The molecule has 2 aliphatic heterocycles. The molecule has 2 fully saturated rings. The van der Waals surface area contributed by atoms with Crippen LogP contribution in [-0.4, -0.2) is 52.8 Å². The van der Waals surface area contributed by atoms with E-state index in [2.05, 4.69) is 27.8 Å². The summed E-state index contributed by atoms with van der Waals surface area (Å²) in [7, 11) is 0. The minimum Gasteiger partial charge on any atom is -0.342 e. The number of likely N-dealkylation sites (tertiary alicyclic amines) is 2. The second kappa shape index (κ2) is 6.90. The summed E-state index contributed by atoms with van der Waals surface area (Å²) in [6.07, 6.45) is 7.32. The fraction of sp³-hybridized carbons (Fsp3) is 0.929. The third kappa shape index (κ3) is 3.47. The Morgan fingerprint density at radius 2 is 1.78 bits per heavy atom. The maximum atomic E-state index is 12.1. The molecule has 3 nitrogen and oxygen atoms in total. The first-order valence-electron chi connectivity index (χ1n) is 7.39. The zero-order chi connectivity index (χ0) is 13.0. The van der Waals surface area contributed by atoms with Crippen molar-refractivity contribution in [3.63, 3.8) is 0 Å². The van der Waals surface area contributed by atoms with Crippen molar-refractivity contribution in [1.82, 2.24) is 9.80 Å².